The van der Waals surface area contributed by atoms with Gasteiger partial charge in [-0.3, -0.25) is 9.98 Å². The van der Waals surface area contributed by atoms with Gasteiger partial charge in [0.1, 0.15) is 17.1 Å². The molecule has 3 rings (SSSR count). The van der Waals surface area contributed by atoms with Crippen LogP contribution in [0.25, 0.3) is 0 Å². The van der Waals surface area contributed by atoms with Crippen molar-refractivity contribution >= 4 is 18.5 Å². The van der Waals surface area contributed by atoms with Crippen LogP contribution in [0.2, 0.25) is 0 Å². The zero-order chi connectivity index (χ0) is 35.2. The number of hydrogen-bond acceptors (Lipinski definition) is 6. The monoisotopic (exact) mass is 633 g/mol. The summed E-state index contributed by atoms with van der Waals surface area (Å²) in [4.78, 5) is 24.7. The van der Waals surface area contributed by atoms with E-state index in [-0.39, 0.29) is 45.2 Å². The van der Waals surface area contributed by atoms with Gasteiger partial charge in [-0.2, -0.15) is 0 Å². The molecule has 2 atom stereocenters. The quantitative estimate of drug-likeness (QED) is 0.329. The highest BCUT2D eigenvalue weighted by Crippen LogP contribution is 2.39. The van der Waals surface area contributed by atoms with E-state index in [2.05, 4.69) is 95.2 Å². The van der Waals surface area contributed by atoms with Gasteiger partial charge in [-0.25, -0.2) is 4.79 Å². The summed E-state index contributed by atoms with van der Waals surface area (Å²) in [5.74, 6) is 0.426. The standard InChI is InChI=1S/C39H59N3O4/c1-35(2,3)26-16-24(32(43)28(18-26)37(7,8)9)20-40-30-22-42(34(45)46-39(13,14)15)23-31(30)41-21-25-17-27(36(4,5)6)19-29(33(25)44)38(10,11)12/h16-21,30-31,43-44H,22-23H2,1-15H3/t30-,31-/m1/s1. The molecule has 0 aliphatic carbocycles. The number of aliphatic imine (C=N–C) groups is 2. The normalized spacial score (nSPS) is 18.6. The maximum absolute atomic E-state index is 13.1. The molecule has 1 fully saturated rings. The zero-order valence-corrected chi connectivity index (χ0v) is 31.1. The predicted molar refractivity (Wildman–Crippen MR) is 192 cm³/mol. The number of carbonyl (C=O) groups is 1. The molecular formula is C39H59N3O4. The third-order valence-electron chi connectivity index (χ3n) is 8.35. The number of phenolic OH excluding ortho intramolecular Hbond substituents is 2. The summed E-state index contributed by atoms with van der Waals surface area (Å²) in [6, 6.07) is 7.41. The van der Waals surface area contributed by atoms with E-state index in [1.165, 1.54) is 0 Å². The lowest BCUT2D eigenvalue weighted by atomic mass is 9.79. The Morgan fingerprint density at radius 3 is 1.28 bits per heavy atom. The number of carbonyl (C=O) groups excluding carboxylic acids is 1. The molecule has 0 radical (unpaired) electrons. The average Bonchev–Trinajstić information content (AvgIpc) is 3.27. The minimum atomic E-state index is -0.637. The highest BCUT2D eigenvalue weighted by atomic mass is 16.6. The molecule has 2 N–H and O–H groups in total. The first-order chi connectivity index (χ1) is 20.7. The van der Waals surface area contributed by atoms with Crippen molar-refractivity contribution in [1.29, 1.82) is 0 Å². The SMILES string of the molecule is CC(C)(C)OC(=O)N1C[C@@H](N=Cc2cc(C(C)(C)C)cc(C(C)(C)C)c2O)[C@H](N=Cc2cc(C(C)(C)C)cc(C(C)(C)C)c2O)C1. The number of likely N-dealkylation sites (tertiary alicyclic amines) is 1. The fourth-order valence-corrected chi connectivity index (χ4v) is 5.41. The molecule has 1 saturated heterocycles. The molecule has 0 bridgehead atoms. The molecule has 1 amide bonds. The van der Waals surface area contributed by atoms with E-state index in [1.807, 2.05) is 32.9 Å². The summed E-state index contributed by atoms with van der Waals surface area (Å²) in [6.07, 6.45) is 3.03. The first-order valence-corrected chi connectivity index (χ1v) is 16.5. The van der Waals surface area contributed by atoms with Crippen LogP contribution in [0.15, 0.2) is 34.3 Å². The first-order valence-electron chi connectivity index (χ1n) is 16.5. The number of rotatable bonds is 4. The van der Waals surface area contributed by atoms with Gasteiger partial charge in [0.25, 0.3) is 0 Å². The fraction of sp³-hybridized carbons (Fsp3) is 0.615. The third-order valence-corrected chi connectivity index (χ3v) is 8.35. The van der Waals surface area contributed by atoms with Gasteiger partial charge in [-0.15, -0.1) is 0 Å². The Kier molecular flexibility index (Phi) is 10.2. The van der Waals surface area contributed by atoms with Crippen LogP contribution in [-0.4, -0.2) is 64.4 Å². The molecule has 7 nitrogen and oxygen atoms in total. The maximum atomic E-state index is 13.1. The lowest BCUT2D eigenvalue weighted by Gasteiger charge is -2.27. The van der Waals surface area contributed by atoms with E-state index >= 15 is 0 Å². The molecule has 46 heavy (non-hydrogen) atoms. The van der Waals surface area contributed by atoms with Crippen molar-refractivity contribution in [2.24, 2.45) is 9.98 Å². The fourth-order valence-electron chi connectivity index (χ4n) is 5.41. The van der Waals surface area contributed by atoms with Crippen LogP contribution >= 0.6 is 0 Å². The molecule has 0 saturated carbocycles. The summed E-state index contributed by atoms with van der Waals surface area (Å²) in [7, 11) is 0. The van der Waals surface area contributed by atoms with E-state index in [0.717, 1.165) is 22.3 Å². The summed E-state index contributed by atoms with van der Waals surface area (Å²) < 4.78 is 5.70. The summed E-state index contributed by atoms with van der Waals surface area (Å²) in [5, 5.41) is 22.7. The molecule has 0 aromatic heterocycles. The Morgan fingerprint density at radius 2 is 1.00 bits per heavy atom. The van der Waals surface area contributed by atoms with Crippen LogP contribution in [0.3, 0.4) is 0 Å². The van der Waals surface area contributed by atoms with Gasteiger partial charge in [0.15, 0.2) is 0 Å². The smallest absolute Gasteiger partial charge is 0.410 e. The minimum absolute atomic E-state index is 0.126. The number of amides is 1. The number of aromatic hydroxyl groups is 2. The summed E-state index contributed by atoms with van der Waals surface area (Å²) >= 11 is 0. The van der Waals surface area contributed by atoms with Crippen LogP contribution in [-0.2, 0) is 26.4 Å². The second-order valence-electron chi connectivity index (χ2n) is 18.0. The second kappa shape index (κ2) is 12.7. The highest BCUT2D eigenvalue weighted by molar-refractivity contribution is 5.86. The van der Waals surface area contributed by atoms with E-state index < -0.39 is 11.7 Å². The molecular weight excluding hydrogens is 574 g/mol. The lowest BCUT2D eigenvalue weighted by Crippen LogP contribution is -2.35. The lowest BCUT2D eigenvalue weighted by molar-refractivity contribution is 0.0291. The van der Waals surface area contributed by atoms with Crippen LogP contribution in [0.1, 0.15) is 137 Å². The van der Waals surface area contributed by atoms with E-state index in [4.69, 9.17) is 14.7 Å². The average molecular weight is 634 g/mol. The van der Waals surface area contributed by atoms with Crippen molar-refractivity contribution < 1.29 is 19.7 Å². The number of phenols is 2. The van der Waals surface area contributed by atoms with Crippen molar-refractivity contribution in [3.8, 4) is 11.5 Å². The Balaban J connectivity index is 2.10. The van der Waals surface area contributed by atoms with Crippen molar-refractivity contribution in [2.75, 3.05) is 13.1 Å². The van der Waals surface area contributed by atoms with Gasteiger partial charge in [0, 0.05) is 47.8 Å². The topological polar surface area (TPSA) is 94.7 Å². The van der Waals surface area contributed by atoms with Gasteiger partial charge in [-0.05, 0) is 65.7 Å². The highest BCUT2D eigenvalue weighted by Gasteiger charge is 2.37. The third kappa shape index (κ3) is 9.13. The van der Waals surface area contributed by atoms with Crippen LogP contribution in [0.4, 0.5) is 4.79 Å². The molecule has 1 aliphatic rings. The van der Waals surface area contributed by atoms with Crippen LogP contribution < -0.4 is 0 Å². The first kappa shape index (κ1) is 37.1. The molecule has 2 aromatic carbocycles. The number of ether oxygens (including phenoxy) is 1. The van der Waals surface area contributed by atoms with E-state index in [0.29, 0.717) is 24.2 Å². The molecule has 2 aromatic rings. The minimum Gasteiger partial charge on any atom is -0.507 e. The number of nitrogens with zero attached hydrogens (tertiary/aromatic N) is 3. The van der Waals surface area contributed by atoms with Crippen LogP contribution in [0, 0.1) is 0 Å². The molecule has 254 valence electrons. The molecule has 0 unspecified atom stereocenters. The van der Waals surface area contributed by atoms with Gasteiger partial charge >= 0.3 is 6.09 Å². The maximum Gasteiger partial charge on any atom is 0.410 e. The Bertz CT molecular complexity index is 1390. The van der Waals surface area contributed by atoms with Crippen molar-refractivity contribution in [3.63, 3.8) is 0 Å². The molecule has 7 heteroatoms. The van der Waals surface area contributed by atoms with Gasteiger partial charge < -0.3 is 19.8 Å². The summed E-state index contributed by atoms with van der Waals surface area (Å²) in [6.45, 7) is 31.6. The summed E-state index contributed by atoms with van der Waals surface area (Å²) in [5.41, 5.74) is 3.80. The van der Waals surface area contributed by atoms with E-state index in [1.54, 1.807) is 17.3 Å². The molecule has 1 heterocycles. The second-order valence-corrected chi connectivity index (χ2v) is 18.0. The van der Waals surface area contributed by atoms with Crippen molar-refractivity contribution in [1.82, 2.24) is 4.90 Å². The van der Waals surface area contributed by atoms with Gasteiger partial charge in [0.05, 0.1) is 12.1 Å². The van der Waals surface area contributed by atoms with Crippen molar-refractivity contribution in [3.05, 3.63) is 57.6 Å². The molecule has 1 aliphatic heterocycles. The Hall–Kier alpha value is -3.35. The Morgan fingerprint density at radius 1 is 0.652 bits per heavy atom. The zero-order valence-electron chi connectivity index (χ0n) is 31.1. The van der Waals surface area contributed by atoms with E-state index in [9.17, 15) is 15.0 Å². The number of hydrogen-bond donors (Lipinski definition) is 2. The number of benzene rings is 2. The Labute approximate surface area is 278 Å². The molecule has 0 spiro atoms. The largest absolute Gasteiger partial charge is 0.507 e. The van der Waals surface area contributed by atoms with Crippen molar-refractivity contribution in [2.45, 2.75) is 143 Å². The van der Waals surface area contributed by atoms with Gasteiger partial charge in [0.2, 0.25) is 0 Å². The van der Waals surface area contributed by atoms with Gasteiger partial charge in [-0.1, -0.05) is 95.2 Å². The predicted octanol–water partition coefficient (Wildman–Crippen LogP) is 8.81. The van der Waals surface area contributed by atoms with Crippen LogP contribution in [0.5, 0.6) is 11.5 Å².